The molecule has 1 aromatic rings. The first-order chi connectivity index (χ1) is 15.0. The normalized spacial score (nSPS) is 19.5. The van der Waals surface area contributed by atoms with Gasteiger partial charge in [0.2, 0.25) is 0 Å². The minimum Gasteiger partial charge on any atom is -0.493 e. The Hall–Kier alpha value is -1.54. The third kappa shape index (κ3) is 6.97. The Labute approximate surface area is 191 Å². The van der Waals surface area contributed by atoms with Crippen LogP contribution in [-0.2, 0) is 0 Å². The van der Waals surface area contributed by atoms with Crippen molar-refractivity contribution in [1.29, 1.82) is 0 Å². The van der Waals surface area contributed by atoms with E-state index in [0.717, 1.165) is 51.4 Å². The van der Waals surface area contributed by atoms with Crippen molar-refractivity contribution >= 4 is 23.2 Å². The second kappa shape index (κ2) is 11.9. The summed E-state index contributed by atoms with van der Waals surface area (Å²) in [7, 11) is 0. The molecule has 0 spiro atoms. The molecule has 0 aliphatic carbocycles. The lowest BCUT2D eigenvalue weighted by atomic mass is 9.94. The third-order valence-corrected chi connectivity index (χ3v) is 6.80. The van der Waals surface area contributed by atoms with E-state index in [-0.39, 0.29) is 11.9 Å². The fourth-order valence-corrected chi connectivity index (χ4v) is 4.78. The van der Waals surface area contributed by atoms with Crippen LogP contribution in [0, 0.1) is 5.92 Å². The van der Waals surface area contributed by atoms with E-state index in [1.807, 2.05) is 6.92 Å². The van der Waals surface area contributed by atoms with E-state index in [1.54, 1.807) is 12.1 Å². The molecule has 0 unspecified atom stereocenters. The molecule has 2 saturated heterocycles. The predicted molar refractivity (Wildman–Crippen MR) is 127 cm³/mol. The Morgan fingerprint density at radius 1 is 1.16 bits per heavy atom. The summed E-state index contributed by atoms with van der Waals surface area (Å²) in [5.41, 5.74) is 12.4. The van der Waals surface area contributed by atoms with Crippen molar-refractivity contribution in [2.75, 3.05) is 58.2 Å². The number of anilines is 1. The van der Waals surface area contributed by atoms with Crippen LogP contribution < -0.4 is 21.5 Å². The zero-order chi connectivity index (χ0) is 22.2. The SMILES string of the molecule is CCOc1cc(N)c(Cl)cc1C(=O)NC1CCN(CC2CCN(CCCN)CC2)CC1. The van der Waals surface area contributed by atoms with Crippen molar-refractivity contribution < 1.29 is 9.53 Å². The maximum Gasteiger partial charge on any atom is 0.255 e. The minimum atomic E-state index is -0.145. The Morgan fingerprint density at radius 3 is 2.48 bits per heavy atom. The second-order valence-electron chi connectivity index (χ2n) is 8.78. The van der Waals surface area contributed by atoms with Crippen LogP contribution in [0.2, 0.25) is 5.02 Å². The van der Waals surface area contributed by atoms with Crippen LogP contribution in [0.15, 0.2) is 12.1 Å². The van der Waals surface area contributed by atoms with Gasteiger partial charge in [-0.25, -0.2) is 0 Å². The number of halogens is 1. The van der Waals surface area contributed by atoms with Gasteiger partial charge in [0.25, 0.3) is 5.91 Å². The van der Waals surface area contributed by atoms with Crippen LogP contribution in [0.1, 0.15) is 49.4 Å². The molecular formula is C23H38ClN5O2. The molecule has 0 saturated carbocycles. The van der Waals surface area contributed by atoms with Gasteiger partial charge < -0.3 is 31.3 Å². The van der Waals surface area contributed by atoms with E-state index in [0.29, 0.717) is 28.6 Å². The molecule has 0 bridgehead atoms. The fraction of sp³-hybridized carbons (Fsp3) is 0.696. The van der Waals surface area contributed by atoms with Gasteiger partial charge in [-0.2, -0.15) is 0 Å². The number of ether oxygens (including phenoxy) is 1. The monoisotopic (exact) mass is 451 g/mol. The quantitative estimate of drug-likeness (QED) is 0.499. The highest BCUT2D eigenvalue weighted by atomic mass is 35.5. The summed E-state index contributed by atoms with van der Waals surface area (Å²) in [6.07, 6.45) is 5.58. The average molecular weight is 452 g/mol. The fourth-order valence-electron chi connectivity index (χ4n) is 4.62. The zero-order valence-electron chi connectivity index (χ0n) is 18.7. The molecule has 7 nitrogen and oxygen atoms in total. The molecule has 0 atom stereocenters. The summed E-state index contributed by atoms with van der Waals surface area (Å²) in [5, 5.41) is 3.54. The molecule has 2 fully saturated rings. The lowest BCUT2D eigenvalue weighted by Crippen LogP contribution is -2.47. The average Bonchev–Trinajstić information content (AvgIpc) is 2.77. The van der Waals surface area contributed by atoms with Crippen LogP contribution in [-0.4, -0.2) is 74.2 Å². The first-order valence-corrected chi connectivity index (χ1v) is 12.0. The van der Waals surface area contributed by atoms with Gasteiger partial charge in [-0.05, 0) is 77.2 Å². The first kappa shape index (κ1) is 24.1. The highest BCUT2D eigenvalue weighted by Crippen LogP contribution is 2.29. The standard InChI is InChI=1S/C23H38ClN5O2/c1-2-31-22-15-21(26)20(24)14-19(22)23(30)27-18-6-12-29(13-7-18)16-17-4-10-28(11-5-17)9-3-8-25/h14-15,17-18H,2-13,16,25-26H2,1H3,(H,27,30). The number of carbonyl (C=O) groups excluding carboxylic acids is 1. The molecule has 8 heteroatoms. The van der Waals surface area contributed by atoms with Crippen molar-refractivity contribution in [3.05, 3.63) is 22.7 Å². The van der Waals surface area contributed by atoms with E-state index in [1.165, 1.54) is 32.5 Å². The van der Waals surface area contributed by atoms with E-state index in [4.69, 9.17) is 27.8 Å². The number of carbonyl (C=O) groups is 1. The van der Waals surface area contributed by atoms with Crippen LogP contribution in [0.25, 0.3) is 0 Å². The first-order valence-electron chi connectivity index (χ1n) is 11.7. The molecule has 0 aromatic heterocycles. The van der Waals surface area contributed by atoms with Crippen molar-refractivity contribution in [1.82, 2.24) is 15.1 Å². The number of likely N-dealkylation sites (tertiary alicyclic amines) is 2. The number of piperidine rings is 2. The Balaban J connectivity index is 1.43. The Kier molecular flexibility index (Phi) is 9.26. The summed E-state index contributed by atoms with van der Waals surface area (Å²) in [5.74, 6) is 1.12. The third-order valence-electron chi connectivity index (χ3n) is 6.47. The summed E-state index contributed by atoms with van der Waals surface area (Å²) >= 11 is 6.14. The highest BCUT2D eigenvalue weighted by molar-refractivity contribution is 6.33. The van der Waals surface area contributed by atoms with E-state index < -0.39 is 0 Å². The van der Waals surface area contributed by atoms with Crippen molar-refractivity contribution in [3.63, 3.8) is 0 Å². The largest absolute Gasteiger partial charge is 0.493 e. The summed E-state index contributed by atoms with van der Waals surface area (Å²) in [6, 6.07) is 3.41. The van der Waals surface area contributed by atoms with Crippen molar-refractivity contribution in [2.24, 2.45) is 11.7 Å². The predicted octanol–water partition coefficient (Wildman–Crippen LogP) is 2.58. The molecule has 5 N–H and O–H groups in total. The molecular weight excluding hydrogens is 414 g/mol. The Bertz CT molecular complexity index is 716. The summed E-state index contributed by atoms with van der Waals surface area (Å²) < 4.78 is 5.60. The molecule has 2 aliphatic heterocycles. The number of benzene rings is 1. The second-order valence-corrected chi connectivity index (χ2v) is 9.19. The van der Waals surface area contributed by atoms with Crippen LogP contribution in [0.5, 0.6) is 5.75 Å². The van der Waals surface area contributed by atoms with Gasteiger partial charge in [-0.3, -0.25) is 4.79 Å². The van der Waals surface area contributed by atoms with Gasteiger partial charge >= 0.3 is 0 Å². The molecule has 0 radical (unpaired) electrons. The Morgan fingerprint density at radius 2 is 1.84 bits per heavy atom. The van der Waals surface area contributed by atoms with Gasteiger partial charge in [0, 0.05) is 31.7 Å². The maximum atomic E-state index is 12.9. The van der Waals surface area contributed by atoms with Crippen molar-refractivity contribution in [3.8, 4) is 5.75 Å². The number of hydrogen-bond acceptors (Lipinski definition) is 6. The lowest BCUT2D eigenvalue weighted by molar-refractivity contribution is 0.0887. The van der Waals surface area contributed by atoms with Gasteiger partial charge in [-0.15, -0.1) is 0 Å². The van der Waals surface area contributed by atoms with Crippen LogP contribution in [0.4, 0.5) is 5.69 Å². The molecule has 1 aromatic carbocycles. The summed E-state index contributed by atoms with van der Waals surface area (Å²) in [6.45, 7) is 9.89. The minimum absolute atomic E-state index is 0.145. The van der Waals surface area contributed by atoms with E-state index >= 15 is 0 Å². The van der Waals surface area contributed by atoms with Gasteiger partial charge in [0.1, 0.15) is 5.75 Å². The topological polar surface area (TPSA) is 96.8 Å². The maximum absolute atomic E-state index is 12.9. The smallest absolute Gasteiger partial charge is 0.255 e. The molecule has 2 aliphatic rings. The number of amides is 1. The number of hydrogen-bond donors (Lipinski definition) is 3. The molecule has 174 valence electrons. The van der Waals surface area contributed by atoms with E-state index in [2.05, 4.69) is 15.1 Å². The number of rotatable bonds is 9. The summed E-state index contributed by atoms with van der Waals surface area (Å²) in [4.78, 5) is 18.0. The number of nitrogen functional groups attached to an aromatic ring is 1. The number of nitrogens with zero attached hydrogens (tertiary/aromatic N) is 2. The van der Waals surface area contributed by atoms with Gasteiger partial charge in [0.15, 0.2) is 0 Å². The molecule has 31 heavy (non-hydrogen) atoms. The molecule has 1 amide bonds. The number of nitrogens with one attached hydrogen (secondary N) is 1. The lowest BCUT2D eigenvalue weighted by Gasteiger charge is -2.37. The van der Waals surface area contributed by atoms with Gasteiger partial charge in [-0.1, -0.05) is 11.6 Å². The van der Waals surface area contributed by atoms with Crippen LogP contribution in [0.3, 0.4) is 0 Å². The number of nitrogens with two attached hydrogens (primary N) is 2. The zero-order valence-corrected chi connectivity index (χ0v) is 19.5. The van der Waals surface area contributed by atoms with E-state index in [9.17, 15) is 4.79 Å². The van der Waals surface area contributed by atoms with Gasteiger partial charge in [0.05, 0.1) is 22.9 Å². The molecule has 2 heterocycles. The highest BCUT2D eigenvalue weighted by Gasteiger charge is 2.26. The van der Waals surface area contributed by atoms with Crippen LogP contribution >= 0.6 is 11.6 Å². The van der Waals surface area contributed by atoms with Crippen molar-refractivity contribution in [2.45, 2.75) is 45.1 Å². The molecule has 3 rings (SSSR count).